The van der Waals surface area contributed by atoms with E-state index >= 15 is 0 Å². The Morgan fingerprint density at radius 1 is 1.16 bits per heavy atom. The van der Waals surface area contributed by atoms with E-state index in [0.29, 0.717) is 6.54 Å². The van der Waals surface area contributed by atoms with E-state index in [2.05, 4.69) is 5.32 Å². The summed E-state index contributed by atoms with van der Waals surface area (Å²) in [6.07, 6.45) is -0.0563. The molecule has 1 fully saturated rings. The van der Waals surface area contributed by atoms with Crippen LogP contribution in [0, 0.1) is 0 Å². The van der Waals surface area contributed by atoms with Gasteiger partial charge >= 0.3 is 0 Å². The molecule has 0 aromatic heterocycles. The van der Waals surface area contributed by atoms with Crippen molar-refractivity contribution in [3.05, 3.63) is 64.7 Å². The number of amides is 2. The molecule has 1 heterocycles. The summed E-state index contributed by atoms with van der Waals surface area (Å²) in [6.45, 7) is 0.344. The number of carbonyl (C=O) groups excluding carboxylic acids is 2. The first-order valence-corrected chi connectivity index (χ1v) is 9.55. The highest BCUT2D eigenvalue weighted by Crippen LogP contribution is 2.29. The number of rotatable bonds is 4. The molecular weight excluding hydrogens is 364 g/mol. The smallest absolute Gasteiger partial charge is 0.253 e. The van der Waals surface area contributed by atoms with E-state index in [-0.39, 0.29) is 34.4 Å². The van der Waals surface area contributed by atoms with Crippen LogP contribution in [0.15, 0.2) is 48.5 Å². The van der Waals surface area contributed by atoms with Crippen molar-refractivity contribution >= 4 is 39.1 Å². The predicted molar refractivity (Wildman–Crippen MR) is 95.0 cm³/mol. The molecule has 0 bridgehead atoms. The number of nitrogens with zero attached hydrogens (tertiary/aromatic N) is 1. The molecule has 1 aliphatic rings. The quantitative estimate of drug-likeness (QED) is 0.885. The number of anilines is 1. The third-order valence-electron chi connectivity index (χ3n) is 3.81. The summed E-state index contributed by atoms with van der Waals surface area (Å²) in [6, 6.07) is 13.5. The van der Waals surface area contributed by atoms with Crippen molar-refractivity contribution in [3.8, 4) is 0 Å². The zero-order valence-electron chi connectivity index (χ0n) is 13.1. The van der Waals surface area contributed by atoms with E-state index in [9.17, 15) is 18.0 Å². The van der Waals surface area contributed by atoms with Gasteiger partial charge in [0, 0.05) is 13.0 Å². The number of carbonyl (C=O) groups is 2. The highest BCUT2D eigenvalue weighted by atomic mass is 35.5. The van der Waals surface area contributed by atoms with Gasteiger partial charge in [-0.15, -0.1) is 0 Å². The van der Waals surface area contributed by atoms with Crippen LogP contribution < -0.4 is 9.62 Å². The van der Waals surface area contributed by atoms with Crippen LogP contribution in [0.5, 0.6) is 0 Å². The molecule has 3 rings (SSSR count). The van der Waals surface area contributed by atoms with Crippen molar-refractivity contribution in [3.63, 3.8) is 0 Å². The van der Waals surface area contributed by atoms with Crippen molar-refractivity contribution < 1.29 is 18.0 Å². The molecule has 6 nitrogen and oxygen atoms in total. The first-order chi connectivity index (χ1) is 11.9. The van der Waals surface area contributed by atoms with Gasteiger partial charge in [0.25, 0.3) is 5.91 Å². The Morgan fingerprint density at radius 3 is 2.48 bits per heavy atom. The molecule has 0 spiro atoms. The largest absolute Gasteiger partial charge is 0.348 e. The highest BCUT2D eigenvalue weighted by molar-refractivity contribution is 7.94. The topological polar surface area (TPSA) is 83.6 Å². The predicted octanol–water partition coefficient (Wildman–Crippen LogP) is 2.34. The summed E-state index contributed by atoms with van der Waals surface area (Å²) in [5.41, 5.74) is 1.30. The minimum atomic E-state index is -3.66. The second-order valence-corrected chi connectivity index (χ2v) is 7.90. The fourth-order valence-electron chi connectivity index (χ4n) is 2.56. The number of nitrogens with one attached hydrogen (secondary N) is 1. The molecule has 130 valence electrons. The molecule has 0 saturated carbocycles. The number of hydrogen-bond donors (Lipinski definition) is 1. The average Bonchev–Trinajstić information content (AvgIpc) is 2.86. The molecule has 0 aliphatic carbocycles. The van der Waals surface area contributed by atoms with Gasteiger partial charge in [-0.3, -0.25) is 9.59 Å². The van der Waals surface area contributed by atoms with Crippen LogP contribution in [-0.2, 0) is 21.4 Å². The highest BCUT2D eigenvalue weighted by Gasteiger charge is 2.36. The van der Waals surface area contributed by atoms with Gasteiger partial charge in [0.2, 0.25) is 15.9 Å². The SMILES string of the molecule is O=C(NCc1ccccc1)c1ccc(N2C(=O)CCS2(=O)=O)cc1Cl. The van der Waals surface area contributed by atoms with Crippen molar-refractivity contribution in [2.45, 2.75) is 13.0 Å². The minimum Gasteiger partial charge on any atom is -0.348 e. The van der Waals surface area contributed by atoms with E-state index in [1.54, 1.807) is 0 Å². The van der Waals surface area contributed by atoms with E-state index in [0.717, 1.165) is 9.87 Å². The zero-order chi connectivity index (χ0) is 18.0. The molecule has 2 amide bonds. The van der Waals surface area contributed by atoms with E-state index < -0.39 is 15.9 Å². The molecule has 1 N–H and O–H groups in total. The molecule has 0 unspecified atom stereocenters. The van der Waals surface area contributed by atoms with Crippen molar-refractivity contribution in [1.29, 1.82) is 0 Å². The zero-order valence-corrected chi connectivity index (χ0v) is 14.7. The normalized spacial score (nSPS) is 16.0. The van der Waals surface area contributed by atoms with Crippen LogP contribution in [0.25, 0.3) is 0 Å². The number of benzene rings is 2. The van der Waals surface area contributed by atoms with Gasteiger partial charge in [-0.25, -0.2) is 12.7 Å². The van der Waals surface area contributed by atoms with Gasteiger partial charge in [0.05, 0.1) is 22.0 Å². The monoisotopic (exact) mass is 378 g/mol. The van der Waals surface area contributed by atoms with Crippen LogP contribution in [0.1, 0.15) is 22.3 Å². The average molecular weight is 379 g/mol. The first-order valence-electron chi connectivity index (χ1n) is 7.56. The van der Waals surface area contributed by atoms with Crippen molar-refractivity contribution in [1.82, 2.24) is 5.32 Å². The molecule has 0 atom stereocenters. The molecule has 2 aromatic rings. The van der Waals surface area contributed by atoms with Crippen LogP contribution in [0.2, 0.25) is 5.02 Å². The molecular formula is C17H15ClN2O4S. The van der Waals surface area contributed by atoms with Crippen LogP contribution in [0.4, 0.5) is 5.69 Å². The molecule has 2 aromatic carbocycles. The molecule has 1 saturated heterocycles. The maximum atomic E-state index is 12.3. The van der Waals surface area contributed by atoms with Crippen molar-refractivity contribution in [2.24, 2.45) is 0 Å². The molecule has 1 aliphatic heterocycles. The standard InChI is InChI=1S/C17H15ClN2O4S/c18-15-10-13(20-16(21)8-9-25(20,23)24)6-7-14(15)17(22)19-11-12-4-2-1-3-5-12/h1-7,10H,8-9,11H2,(H,19,22). The van der Waals surface area contributed by atoms with Gasteiger partial charge < -0.3 is 5.32 Å². The number of sulfonamides is 1. The second kappa shape index (κ2) is 6.85. The van der Waals surface area contributed by atoms with Gasteiger partial charge in [0.1, 0.15) is 0 Å². The molecule has 25 heavy (non-hydrogen) atoms. The lowest BCUT2D eigenvalue weighted by molar-refractivity contribution is -0.116. The van der Waals surface area contributed by atoms with Gasteiger partial charge in [-0.05, 0) is 23.8 Å². The van der Waals surface area contributed by atoms with Crippen LogP contribution in [0.3, 0.4) is 0 Å². The Bertz CT molecular complexity index is 929. The summed E-state index contributed by atoms with van der Waals surface area (Å²) in [4.78, 5) is 24.1. The third-order valence-corrected chi connectivity index (χ3v) is 5.81. The Hall–Kier alpha value is -2.38. The maximum absolute atomic E-state index is 12.3. The summed E-state index contributed by atoms with van der Waals surface area (Å²) in [5.74, 6) is -1.10. The summed E-state index contributed by atoms with van der Waals surface area (Å²) in [5, 5.41) is 2.83. The third kappa shape index (κ3) is 3.67. The Balaban J connectivity index is 1.78. The number of hydrogen-bond acceptors (Lipinski definition) is 4. The Labute approximate surface area is 150 Å². The second-order valence-electron chi connectivity index (χ2n) is 5.56. The van der Waals surface area contributed by atoms with E-state index in [1.807, 2.05) is 30.3 Å². The van der Waals surface area contributed by atoms with Crippen LogP contribution in [-0.4, -0.2) is 26.0 Å². The summed E-state index contributed by atoms with van der Waals surface area (Å²) >= 11 is 6.13. The fourth-order valence-corrected chi connectivity index (χ4v) is 4.27. The van der Waals surface area contributed by atoms with E-state index in [4.69, 9.17) is 11.6 Å². The number of halogens is 1. The fraction of sp³-hybridized carbons (Fsp3) is 0.176. The molecule has 8 heteroatoms. The Kier molecular flexibility index (Phi) is 4.78. The van der Waals surface area contributed by atoms with Gasteiger partial charge in [-0.2, -0.15) is 0 Å². The minimum absolute atomic E-state index is 0.0563. The Morgan fingerprint density at radius 2 is 1.88 bits per heavy atom. The lowest BCUT2D eigenvalue weighted by Gasteiger charge is -2.16. The summed E-state index contributed by atoms with van der Waals surface area (Å²) in [7, 11) is -3.66. The van der Waals surface area contributed by atoms with Crippen LogP contribution >= 0.6 is 11.6 Å². The molecule has 0 radical (unpaired) electrons. The summed E-state index contributed by atoms with van der Waals surface area (Å²) < 4.78 is 24.6. The van der Waals surface area contributed by atoms with Gasteiger partial charge in [-0.1, -0.05) is 41.9 Å². The first kappa shape index (κ1) is 17.4. The maximum Gasteiger partial charge on any atom is 0.253 e. The lowest BCUT2D eigenvalue weighted by atomic mass is 10.1. The lowest BCUT2D eigenvalue weighted by Crippen LogP contribution is -2.29. The van der Waals surface area contributed by atoms with E-state index in [1.165, 1.54) is 18.2 Å². The van der Waals surface area contributed by atoms with Gasteiger partial charge in [0.15, 0.2) is 0 Å². The van der Waals surface area contributed by atoms with Crippen molar-refractivity contribution in [2.75, 3.05) is 10.1 Å².